The van der Waals surface area contributed by atoms with Gasteiger partial charge in [0.05, 0.1) is 7.11 Å². The molecule has 0 spiro atoms. The minimum atomic E-state index is -0.903. The molecule has 10 heteroatoms. The molecule has 0 aliphatic carbocycles. The van der Waals surface area contributed by atoms with Crippen LogP contribution >= 0.6 is 0 Å². The number of nitrogens with two attached hydrogens (primary N) is 1. The summed E-state index contributed by atoms with van der Waals surface area (Å²) in [4.78, 5) is 30.3. The highest BCUT2D eigenvalue weighted by atomic mass is 16.8. The van der Waals surface area contributed by atoms with Gasteiger partial charge in [0.2, 0.25) is 0 Å². The molecule has 3 aromatic rings. The van der Waals surface area contributed by atoms with Gasteiger partial charge >= 0.3 is 12.2 Å². The first-order valence-electron chi connectivity index (χ1n) is 10.0. The van der Waals surface area contributed by atoms with Crippen LogP contribution in [0, 0.1) is 0 Å². The molecule has 0 fully saturated rings. The molecule has 2 aromatic carbocycles. The monoisotopic (exact) mass is 441 g/mol. The van der Waals surface area contributed by atoms with Crippen molar-refractivity contribution in [1.29, 1.82) is 0 Å². The number of fused-ring (bicyclic) bond motifs is 1. The zero-order chi connectivity index (χ0) is 23.3. The van der Waals surface area contributed by atoms with Gasteiger partial charge in [-0.25, -0.2) is 9.59 Å². The number of hydrogen-bond donors (Lipinski definition) is 3. The zero-order valence-electron chi connectivity index (χ0n) is 18.5. The van der Waals surface area contributed by atoms with Gasteiger partial charge in [0, 0.05) is 17.6 Å². The molecule has 0 radical (unpaired) electrons. The lowest BCUT2D eigenvalue weighted by molar-refractivity contribution is -0.0146. The van der Waals surface area contributed by atoms with Crippen LogP contribution in [0.25, 0.3) is 10.9 Å². The molecule has 3 rings (SSSR count). The molecular weight excluding hydrogens is 414 g/mol. The third-order valence-corrected chi connectivity index (χ3v) is 4.32. The van der Waals surface area contributed by atoms with E-state index in [0.29, 0.717) is 29.6 Å². The number of hydrogen-bond acceptors (Lipinski definition) is 7. The van der Waals surface area contributed by atoms with E-state index in [0.717, 1.165) is 16.2 Å². The van der Waals surface area contributed by atoms with Gasteiger partial charge in [-0.3, -0.25) is 4.84 Å². The highest BCUT2D eigenvalue weighted by Crippen LogP contribution is 2.24. The second-order valence-electron chi connectivity index (χ2n) is 8.03. The summed E-state index contributed by atoms with van der Waals surface area (Å²) in [5, 5.41) is 10.1. The number of carbonyl (C=O) groups excluding carboxylic acids is 2. The van der Waals surface area contributed by atoms with Crippen LogP contribution in [0.5, 0.6) is 5.75 Å². The Morgan fingerprint density at radius 3 is 2.66 bits per heavy atom. The Labute approximate surface area is 185 Å². The fourth-order valence-corrected chi connectivity index (χ4v) is 2.92. The van der Waals surface area contributed by atoms with Gasteiger partial charge in [0.15, 0.2) is 5.82 Å². The maximum absolute atomic E-state index is 12.2. The van der Waals surface area contributed by atoms with E-state index in [1.165, 1.54) is 0 Å². The number of nitrogens with one attached hydrogen (secondary N) is 2. The van der Waals surface area contributed by atoms with E-state index >= 15 is 0 Å². The van der Waals surface area contributed by atoms with E-state index in [2.05, 4.69) is 15.7 Å². The molecule has 1 heterocycles. The lowest BCUT2D eigenvalue weighted by Crippen LogP contribution is -2.30. The highest BCUT2D eigenvalue weighted by Gasteiger charge is 2.20. The van der Waals surface area contributed by atoms with Crippen molar-refractivity contribution < 1.29 is 23.9 Å². The highest BCUT2D eigenvalue weighted by molar-refractivity contribution is 5.96. The van der Waals surface area contributed by atoms with Crippen molar-refractivity contribution in [1.82, 2.24) is 15.3 Å². The van der Waals surface area contributed by atoms with Gasteiger partial charge in [-0.05, 0) is 63.1 Å². The zero-order valence-corrected chi connectivity index (χ0v) is 18.5. The lowest BCUT2D eigenvalue weighted by atomic mass is 10.1. The van der Waals surface area contributed by atoms with E-state index in [4.69, 9.17) is 20.0 Å². The summed E-state index contributed by atoms with van der Waals surface area (Å²) in [7, 11) is 1.61. The van der Waals surface area contributed by atoms with Crippen LogP contribution in [0.15, 0.2) is 42.5 Å². The number of urea groups is 1. The molecule has 0 saturated heterocycles. The lowest BCUT2D eigenvalue weighted by Gasteiger charge is -2.18. The Morgan fingerprint density at radius 2 is 1.94 bits per heavy atom. The first-order chi connectivity index (χ1) is 15.1. The Morgan fingerprint density at radius 1 is 1.16 bits per heavy atom. The SMILES string of the molecule is COc1cccc(CCNC(=O)Nc2ccc3c(c2)c(N)nn3OC(=O)OC(C)(C)C)c1. The summed E-state index contributed by atoms with van der Waals surface area (Å²) in [6.45, 7) is 5.63. The average Bonchev–Trinajstić information content (AvgIpc) is 3.01. The number of carbonyl (C=O) groups is 2. The van der Waals surface area contributed by atoms with Crippen LogP contribution in [0.4, 0.5) is 21.1 Å². The number of rotatable bonds is 6. The molecule has 0 atom stereocenters. The number of aromatic nitrogens is 2. The molecule has 4 N–H and O–H groups in total. The van der Waals surface area contributed by atoms with Crippen LogP contribution in [-0.2, 0) is 11.2 Å². The summed E-state index contributed by atoms with van der Waals surface area (Å²) < 4.78 is 10.3. The molecule has 0 unspecified atom stereocenters. The predicted octanol–water partition coefficient (Wildman–Crippen LogP) is 3.36. The van der Waals surface area contributed by atoms with Crippen LogP contribution in [0.1, 0.15) is 26.3 Å². The standard InChI is InChI=1S/C22H27N5O5/c1-22(2,3)31-21(29)32-27-18-9-8-15(13-17(18)19(23)26-27)25-20(28)24-11-10-14-6-5-7-16(12-14)30-4/h5-9,12-13H,10-11H2,1-4H3,(H2,23,26)(H2,24,25,28). The number of benzene rings is 2. The molecule has 0 aliphatic heterocycles. The third kappa shape index (κ3) is 6.03. The number of nitrogens with zero attached hydrogens (tertiary/aromatic N) is 2. The Hall–Kier alpha value is -3.95. The number of nitrogen functional groups attached to an aromatic ring is 1. The molecule has 170 valence electrons. The normalized spacial score (nSPS) is 11.1. The van der Waals surface area contributed by atoms with E-state index in [1.54, 1.807) is 46.1 Å². The summed E-state index contributed by atoms with van der Waals surface area (Å²) in [5.74, 6) is 0.916. The molecule has 2 amide bonds. The van der Waals surface area contributed by atoms with Gasteiger partial charge in [0.25, 0.3) is 0 Å². The van der Waals surface area contributed by atoms with Crippen molar-refractivity contribution in [3.63, 3.8) is 0 Å². The maximum atomic E-state index is 12.2. The fourth-order valence-electron chi connectivity index (χ4n) is 2.92. The Balaban J connectivity index is 1.60. The number of amides is 2. The van der Waals surface area contributed by atoms with Crippen LogP contribution in [-0.4, -0.2) is 41.4 Å². The van der Waals surface area contributed by atoms with Crippen LogP contribution in [0.3, 0.4) is 0 Å². The third-order valence-electron chi connectivity index (χ3n) is 4.32. The van der Waals surface area contributed by atoms with Crippen molar-refractivity contribution in [3.05, 3.63) is 48.0 Å². The number of methoxy groups -OCH3 is 1. The molecule has 32 heavy (non-hydrogen) atoms. The van der Waals surface area contributed by atoms with E-state index in [1.807, 2.05) is 24.3 Å². The van der Waals surface area contributed by atoms with Gasteiger partial charge in [-0.1, -0.05) is 17.0 Å². The molecule has 0 saturated carbocycles. The van der Waals surface area contributed by atoms with Crippen molar-refractivity contribution >= 4 is 34.6 Å². The number of ether oxygens (including phenoxy) is 2. The molecular formula is C22H27N5O5. The minimum Gasteiger partial charge on any atom is -0.497 e. The van der Waals surface area contributed by atoms with E-state index in [9.17, 15) is 9.59 Å². The van der Waals surface area contributed by atoms with Gasteiger partial charge < -0.3 is 25.8 Å². The van der Waals surface area contributed by atoms with E-state index < -0.39 is 11.8 Å². The number of anilines is 2. The van der Waals surface area contributed by atoms with Crippen LogP contribution in [0.2, 0.25) is 0 Å². The fraction of sp³-hybridized carbons (Fsp3) is 0.318. The summed E-state index contributed by atoms with van der Waals surface area (Å²) in [6.07, 6.45) is -0.245. The largest absolute Gasteiger partial charge is 0.535 e. The quantitative estimate of drug-likeness (QED) is 0.500. The van der Waals surface area contributed by atoms with Gasteiger partial charge in [0.1, 0.15) is 16.9 Å². The molecule has 0 aliphatic rings. The van der Waals surface area contributed by atoms with Crippen LogP contribution < -0.4 is 25.9 Å². The second kappa shape index (κ2) is 9.46. The predicted molar refractivity (Wildman–Crippen MR) is 121 cm³/mol. The van der Waals surface area contributed by atoms with Gasteiger partial charge in [-0.15, -0.1) is 5.10 Å². The summed E-state index contributed by atoms with van der Waals surface area (Å²) in [5.41, 5.74) is 7.26. The smallest absolute Gasteiger partial charge is 0.497 e. The van der Waals surface area contributed by atoms with Crippen molar-refractivity contribution in [2.24, 2.45) is 0 Å². The van der Waals surface area contributed by atoms with Crippen molar-refractivity contribution in [2.75, 3.05) is 24.7 Å². The summed E-state index contributed by atoms with van der Waals surface area (Å²) >= 11 is 0. The molecule has 0 bridgehead atoms. The van der Waals surface area contributed by atoms with E-state index in [-0.39, 0.29) is 11.8 Å². The average molecular weight is 441 g/mol. The second-order valence-corrected chi connectivity index (χ2v) is 8.03. The molecule has 10 nitrogen and oxygen atoms in total. The first-order valence-corrected chi connectivity index (χ1v) is 10.0. The topological polar surface area (TPSA) is 130 Å². The summed E-state index contributed by atoms with van der Waals surface area (Å²) in [6, 6.07) is 12.2. The Bertz CT molecular complexity index is 1120. The molecule has 1 aromatic heterocycles. The maximum Gasteiger partial charge on any atom is 0.535 e. The van der Waals surface area contributed by atoms with Crippen molar-refractivity contribution in [3.8, 4) is 5.75 Å². The first kappa shape index (κ1) is 22.7. The Kier molecular flexibility index (Phi) is 6.72. The van der Waals surface area contributed by atoms with Crippen molar-refractivity contribution in [2.45, 2.75) is 32.8 Å². The minimum absolute atomic E-state index is 0.144. The van der Waals surface area contributed by atoms with Gasteiger partial charge in [-0.2, -0.15) is 0 Å².